The van der Waals surface area contributed by atoms with Gasteiger partial charge in [0, 0.05) is 32.6 Å². The minimum Gasteiger partial charge on any atom is -0.385 e. The molecule has 0 aromatic carbocycles. The minimum atomic E-state index is 0.00560. The van der Waals surface area contributed by atoms with Gasteiger partial charge in [-0.05, 0) is 12.8 Å². The van der Waals surface area contributed by atoms with E-state index in [1.54, 1.807) is 7.11 Å². The quantitative estimate of drug-likeness (QED) is 0.297. The molecule has 0 fully saturated rings. The average molecular weight is 404 g/mol. The molecule has 0 aliphatic heterocycles. The van der Waals surface area contributed by atoms with E-state index < -0.39 is 0 Å². The van der Waals surface area contributed by atoms with E-state index in [-0.39, 0.29) is 24.2 Å². The Morgan fingerprint density at radius 3 is 1.96 bits per heavy atom. The molecular formula is C21H41NO6. The Labute approximate surface area is 170 Å². The number of carbonyl (C=O) groups is 2. The summed E-state index contributed by atoms with van der Waals surface area (Å²) in [6.07, 6.45) is 7.34. The van der Waals surface area contributed by atoms with Crippen LogP contribution in [0.25, 0.3) is 0 Å². The molecule has 0 aromatic heterocycles. The number of rotatable bonds is 21. The van der Waals surface area contributed by atoms with E-state index in [0.717, 1.165) is 25.9 Å². The lowest BCUT2D eigenvalue weighted by Gasteiger charge is -2.08. The number of hydrogen-bond acceptors (Lipinski definition) is 6. The highest BCUT2D eigenvalue weighted by Gasteiger charge is 2.06. The zero-order chi connectivity index (χ0) is 20.9. The van der Waals surface area contributed by atoms with Crippen molar-refractivity contribution in [2.24, 2.45) is 5.92 Å². The van der Waals surface area contributed by atoms with Gasteiger partial charge in [-0.1, -0.05) is 39.5 Å². The lowest BCUT2D eigenvalue weighted by atomic mass is 10.1. The molecule has 166 valence electrons. The molecule has 0 atom stereocenters. The molecule has 0 aliphatic carbocycles. The largest absolute Gasteiger partial charge is 0.385 e. The molecule has 7 nitrogen and oxygen atoms in total. The van der Waals surface area contributed by atoms with Crippen LogP contribution in [0.5, 0.6) is 0 Å². The van der Waals surface area contributed by atoms with Gasteiger partial charge in [-0.3, -0.25) is 9.59 Å². The van der Waals surface area contributed by atoms with E-state index in [0.29, 0.717) is 46.0 Å². The lowest BCUT2D eigenvalue weighted by molar-refractivity contribution is -0.127. The van der Waals surface area contributed by atoms with Crippen LogP contribution in [-0.4, -0.2) is 71.6 Å². The Morgan fingerprint density at radius 1 is 0.750 bits per heavy atom. The highest BCUT2D eigenvalue weighted by molar-refractivity contribution is 5.81. The summed E-state index contributed by atoms with van der Waals surface area (Å²) in [6, 6.07) is 0. The van der Waals surface area contributed by atoms with Crippen molar-refractivity contribution in [3.8, 4) is 0 Å². The van der Waals surface area contributed by atoms with Gasteiger partial charge >= 0.3 is 0 Å². The van der Waals surface area contributed by atoms with Crippen LogP contribution in [0.4, 0.5) is 0 Å². The molecule has 0 aromatic rings. The molecule has 1 N–H and O–H groups in total. The van der Waals surface area contributed by atoms with Crippen LogP contribution in [0, 0.1) is 5.92 Å². The third kappa shape index (κ3) is 19.7. The maximum Gasteiger partial charge on any atom is 0.220 e. The van der Waals surface area contributed by atoms with Gasteiger partial charge in [-0.15, -0.1) is 0 Å². The van der Waals surface area contributed by atoms with Gasteiger partial charge in [0.2, 0.25) is 5.91 Å². The molecule has 0 saturated carbocycles. The van der Waals surface area contributed by atoms with E-state index in [2.05, 4.69) is 5.32 Å². The first-order chi connectivity index (χ1) is 13.6. The van der Waals surface area contributed by atoms with Crippen LogP contribution in [0.15, 0.2) is 0 Å². The summed E-state index contributed by atoms with van der Waals surface area (Å²) in [5.41, 5.74) is 0. The number of ether oxygens (including phenoxy) is 4. The van der Waals surface area contributed by atoms with Crippen LogP contribution < -0.4 is 5.32 Å². The van der Waals surface area contributed by atoms with Crippen molar-refractivity contribution in [3.05, 3.63) is 0 Å². The predicted molar refractivity (Wildman–Crippen MR) is 110 cm³/mol. The normalized spacial score (nSPS) is 11.1. The summed E-state index contributed by atoms with van der Waals surface area (Å²) in [5, 5.41) is 2.87. The number of nitrogens with one attached hydrogen (secondary N) is 1. The third-order valence-corrected chi connectivity index (χ3v) is 4.20. The van der Waals surface area contributed by atoms with Gasteiger partial charge in [-0.2, -0.15) is 0 Å². The van der Waals surface area contributed by atoms with Crippen LogP contribution >= 0.6 is 0 Å². The number of methoxy groups -OCH3 is 1. The first-order valence-electron chi connectivity index (χ1n) is 10.6. The molecule has 0 radical (unpaired) electrons. The standard InChI is InChI=1S/C21H41NO6/c1-19(2)20(23)18-28-17-16-27-15-14-26-13-11-22-21(24)10-8-6-4-5-7-9-12-25-3/h19H,4-18H2,1-3H3,(H,22,24). The zero-order valence-electron chi connectivity index (χ0n) is 18.1. The second-order valence-corrected chi connectivity index (χ2v) is 7.11. The third-order valence-electron chi connectivity index (χ3n) is 4.20. The van der Waals surface area contributed by atoms with Gasteiger partial charge in [0.1, 0.15) is 6.61 Å². The molecule has 0 aliphatic rings. The second kappa shape index (κ2) is 20.7. The summed E-state index contributed by atoms with van der Waals surface area (Å²) >= 11 is 0. The minimum absolute atomic E-state index is 0.00560. The monoisotopic (exact) mass is 403 g/mol. The van der Waals surface area contributed by atoms with Crippen LogP contribution in [0.1, 0.15) is 58.8 Å². The molecular weight excluding hydrogens is 362 g/mol. The Balaban J connectivity index is 3.21. The molecule has 0 saturated heterocycles. The number of hydrogen-bond donors (Lipinski definition) is 1. The van der Waals surface area contributed by atoms with Gasteiger partial charge in [0.25, 0.3) is 0 Å². The molecule has 1 amide bonds. The molecule has 28 heavy (non-hydrogen) atoms. The van der Waals surface area contributed by atoms with Crippen molar-refractivity contribution in [1.29, 1.82) is 0 Å². The van der Waals surface area contributed by atoms with Gasteiger partial charge < -0.3 is 24.3 Å². The Kier molecular flexibility index (Phi) is 20.0. The molecule has 0 bridgehead atoms. The fourth-order valence-electron chi connectivity index (χ4n) is 2.37. The Hall–Kier alpha value is -1.02. The molecule has 0 unspecified atom stereocenters. The molecule has 0 spiro atoms. The number of carbonyl (C=O) groups excluding carboxylic acids is 2. The fourth-order valence-corrected chi connectivity index (χ4v) is 2.37. The zero-order valence-corrected chi connectivity index (χ0v) is 18.1. The van der Waals surface area contributed by atoms with Gasteiger partial charge in [-0.25, -0.2) is 0 Å². The van der Waals surface area contributed by atoms with E-state index in [1.165, 1.54) is 19.3 Å². The first-order valence-corrected chi connectivity index (χ1v) is 10.6. The van der Waals surface area contributed by atoms with Crippen molar-refractivity contribution in [3.63, 3.8) is 0 Å². The predicted octanol–water partition coefficient (Wildman–Crippen LogP) is 2.75. The maximum absolute atomic E-state index is 11.7. The lowest BCUT2D eigenvalue weighted by Crippen LogP contribution is -2.27. The van der Waals surface area contributed by atoms with Crippen LogP contribution in [-0.2, 0) is 28.5 Å². The van der Waals surface area contributed by atoms with Gasteiger partial charge in [0.15, 0.2) is 5.78 Å². The summed E-state index contributed by atoms with van der Waals surface area (Å²) in [7, 11) is 1.73. The molecule has 0 heterocycles. The maximum atomic E-state index is 11.7. The second-order valence-electron chi connectivity index (χ2n) is 7.11. The number of Topliss-reactive ketones (excluding diaryl/α,β-unsaturated/α-hetero) is 1. The molecule has 0 rings (SSSR count). The summed E-state index contributed by atoms with van der Waals surface area (Å²) < 4.78 is 21.0. The summed E-state index contributed by atoms with van der Waals surface area (Å²) in [6.45, 7) is 7.49. The average Bonchev–Trinajstić information content (AvgIpc) is 2.67. The first kappa shape index (κ1) is 27.0. The number of amides is 1. The van der Waals surface area contributed by atoms with Crippen molar-refractivity contribution in [1.82, 2.24) is 5.32 Å². The van der Waals surface area contributed by atoms with E-state index in [1.807, 2.05) is 13.8 Å². The van der Waals surface area contributed by atoms with Crippen molar-refractivity contribution in [2.45, 2.75) is 58.8 Å². The van der Waals surface area contributed by atoms with Crippen LogP contribution in [0.2, 0.25) is 0 Å². The van der Waals surface area contributed by atoms with Crippen LogP contribution in [0.3, 0.4) is 0 Å². The Bertz CT molecular complexity index is 376. The smallest absolute Gasteiger partial charge is 0.220 e. The molecule has 7 heteroatoms. The van der Waals surface area contributed by atoms with E-state index in [4.69, 9.17) is 18.9 Å². The van der Waals surface area contributed by atoms with Crippen molar-refractivity contribution in [2.75, 3.05) is 59.9 Å². The van der Waals surface area contributed by atoms with Crippen molar-refractivity contribution < 1.29 is 28.5 Å². The Morgan fingerprint density at radius 2 is 1.32 bits per heavy atom. The van der Waals surface area contributed by atoms with Crippen molar-refractivity contribution >= 4 is 11.7 Å². The number of ketones is 1. The fraction of sp³-hybridized carbons (Fsp3) is 0.905. The highest BCUT2D eigenvalue weighted by atomic mass is 16.5. The highest BCUT2D eigenvalue weighted by Crippen LogP contribution is 2.07. The number of unbranched alkanes of at least 4 members (excludes halogenated alkanes) is 5. The SMILES string of the molecule is COCCCCCCCCC(=O)NCCOCCOCCOCC(=O)C(C)C. The topological polar surface area (TPSA) is 83.1 Å². The van der Waals surface area contributed by atoms with E-state index in [9.17, 15) is 9.59 Å². The summed E-state index contributed by atoms with van der Waals surface area (Å²) in [5.74, 6) is 0.196. The summed E-state index contributed by atoms with van der Waals surface area (Å²) in [4.78, 5) is 23.0. The van der Waals surface area contributed by atoms with E-state index >= 15 is 0 Å². The van der Waals surface area contributed by atoms with Gasteiger partial charge in [0.05, 0.1) is 33.0 Å².